The first kappa shape index (κ1) is 14.7. The van der Waals surface area contributed by atoms with Gasteiger partial charge in [-0.1, -0.05) is 6.07 Å². The molecule has 0 aliphatic heterocycles. The summed E-state index contributed by atoms with van der Waals surface area (Å²) in [5.74, 6) is -1.44. The molecular formula is C13H12N2O5S. The Morgan fingerprint density at radius 3 is 2.43 bits per heavy atom. The summed E-state index contributed by atoms with van der Waals surface area (Å²) in [5, 5.41) is 18.8. The quantitative estimate of drug-likeness (QED) is 0.669. The summed E-state index contributed by atoms with van der Waals surface area (Å²) in [5.41, 5.74) is 4.91. The average Bonchev–Trinajstić information content (AvgIpc) is 2.38. The van der Waals surface area contributed by atoms with Gasteiger partial charge in [-0.15, -0.1) is 0 Å². The van der Waals surface area contributed by atoms with Crippen molar-refractivity contribution in [3.8, 4) is 11.5 Å². The normalized spacial score (nSPS) is 11.0. The number of anilines is 1. The SMILES string of the molecule is NC(=O)c1cc(S(=O)(=O)Nc2cccc(O)c2)ccc1O. The minimum absolute atomic E-state index is 0.0984. The van der Waals surface area contributed by atoms with Crippen LogP contribution in [-0.2, 0) is 10.0 Å². The molecule has 0 aliphatic rings. The molecule has 8 heteroatoms. The Bertz CT molecular complexity index is 802. The fourth-order valence-corrected chi connectivity index (χ4v) is 2.74. The van der Waals surface area contributed by atoms with Crippen molar-refractivity contribution in [2.45, 2.75) is 4.90 Å². The standard InChI is InChI=1S/C13H12N2O5S/c14-13(18)11-7-10(4-5-12(11)17)21(19,20)15-8-2-1-3-9(16)6-8/h1-7,15-17H,(H2,14,18). The van der Waals surface area contributed by atoms with E-state index in [0.717, 1.165) is 18.2 Å². The van der Waals surface area contributed by atoms with Gasteiger partial charge in [-0.05, 0) is 30.3 Å². The summed E-state index contributed by atoms with van der Waals surface area (Å²) in [6, 6.07) is 8.72. The van der Waals surface area contributed by atoms with Crippen molar-refractivity contribution >= 4 is 21.6 Å². The largest absolute Gasteiger partial charge is 0.508 e. The molecule has 110 valence electrons. The molecule has 0 heterocycles. The van der Waals surface area contributed by atoms with Crippen LogP contribution in [0.2, 0.25) is 0 Å². The van der Waals surface area contributed by atoms with Crippen LogP contribution in [0.25, 0.3) is 0 Å². The summed E-state index contributed by atoms with van der Waals surface area (Å²) in [7, 11) is -3.98. The van der Waals surface area contributed by atoms with E-state index in [4.69, 9.17) is 5.73 Å². The van der Waals surface area contributed by atoms with E-state index in [1.807, 2.05) is 0 Å². The van der Waals surface area contributed by atoms with Crippen molar-refractivity contribution in [2.75, 3.05) is 4.72 Å². The molecule has 5 N–H and O–H groups in total. The molecule has 0 radical (unpaired) electrons. The molecule has 0 atom stereocenters. The second kappa shape index (κ2) is 5.33. The lowest BCUT2D eigenvalue weighted by Gasteiger charge is -2.09. The first-order valence-electron chi connectivity index (χ1n) is 5.74. The predicted molar refractivity (Wildman–Crippen MR) is 75.5 cm³/mol. The zero-order chi connectivity index (χ0) is 15.6. The van der Waals surface area contributed by atoms with E-state index in [1.165, 1.54) is 24.3 Å². The molecule has 0 bridgehead atoms. The molecule has 2 rings (SSSR count). The second-order valence-corrected chi connectivity index (χ2v) is 5.88. The number of amides is 1. The van der Waals surface area contributed by atoms with Gasteiger partial charge >= 0.3 is 0 Å². The molecule has 7 nitrogen and oxygen atoms in total. The van der Waals surface area contributed by atoms with Crippen molar-refractivity contribution in [3.63, 3.8) is 0 Å². The number of sulfonamides is 1. The van der Waals surface area contributed by atoms with E-state index >= 15 is 0 Å². The Morgan fingerprint density at radius 1 is 1.10 bits per heavy atom. The summed E-state index contributed by atoms with van der Waals surface area (Å²) in [4.78, 5) is 10.9. The van der Waals surface area contributed by atoms with Crippen molar-refractivity contribution in [1.82, 2.24) is 0 Å². The third kappa shape index (κ3) is 3.23. The minimum Gasteiger partial charge on any atom is -0.508 e. The lowest BCUT2D eigenvalue weighted by atomic mass is 10.2. The molecule has 0 spiro atoms. The number of carbonyl (C=O) groups excluding carboxylic acids is 1. The number of rotatable bonds is 4. The van der Waals surface area contributed by atoms with E-state index in [-0.39, 0.29) is 21.9 Å². The number of benzene rings is 2. The number of phenols is 2. The van der Waals surface area contributed by atoms with Crippen molar-refractivity contribution in [3.05, 3.63) is 48.0 Å². The highest BCUT2D eigenvalue weighted by atomic mass is 32.2. The number of aromatic hydroxyl groups is 2. The topological polar surface area (TPSA) is 130 Å². The van der Waals surface area contributed by atoms with Crippen molar-refractivity contribution in [2.24, 2.45) is 5.73 Å². The maximum Gasteiger partial charge on any atom is 0.261 e. The number of carbonyl (C=O) groups is 1. The van der Waals surface area contributed by atoms with Gasteiger partial charge in [0.05, 0.1) is 16.1 Å². The molecular weight excluding hydrogens is 296 g/mol. The molecule has 1 amide bonds. The first-order valence-corrected chi connectivity index (χ1v) is 7.22. The van der Waals surface area contributed by atoms with Gasteiger partial charge in [-0.2, -0.15) is 0 Å². The smallest absolute Gasteiger partial charge is 0.261 e. The van der Waals surface area contributed by atoms with Crippen molar-refractivity contribution in [1.29, 1.82) is 0 Å². The van der Waals surface area contributed by atoms with Crippen LogP contribution in [0.4, 0.5) is 5.69 Å². The zero-order valence-corrected chi connectivity index (χ0v) is 11.5. The fraction of sp³-hybridized carbons (Fsp3) is 0. The second-order valence-electron chi connectivity index (χ2n) is 4.20. The number of hydrogen-bond acceptors (Lipinski definition) is 5. The Balaban J connectivity index is 2.40. The highest BCUT2D eigenvalue weighted by Gasteiger charge is 2.18. The van der Waals surface area contributed by atoms with Crippen molar-refractivity contribution < 1.29 is 23.4 Å². The van der Waals surface area contributed by atoms with Crippen LogP contribution < -0.4 is 10.5 Å². The molecule has 2 aromatic rings. The lowest BCUT2D eigenvalue weighted by Crippen LogP contribution is -2.16. The Labute approximate surface area is 120 Å². The van der Waals surface area contributed by atoms with Gasteiger partial charge in [-0.25, -0.2) is 8.42 Å². The molecule has 21 heavy (non-hydrogen) atoms. The number of primary amides is 1. The van der Waals surface area contributed by atoms with E-state index in [1.54, 1.807) is 0 Å². The van der Waals surface area contributed by atoms with Crippen LogP contribution >= 0.6 is 0 Å². The van der Waals surface area contributed by atoms with E-state index in [0.29, 0.717) is 0 Å². The summed E-state index contributed by atoms with van der Waals surface area (Å²) >= 11 is 0. The third-order valence-corrected chi connectivity index (χ3v) is 4.02. The predicted octanol–water partition coefficient (Wildman–Crippen LogP) is 0.997. The third-order valence-electron chi connectivity index (χ3n) is 2.64. The summed E-state index contributed by atoms with van der Waals surface area (Å²) in [6.45, 7) is 0. The minimum atomic E-state index is -3.98. The number of hydrogen-bond donors (Lipinski definition) is 4. The number of phenolic OH excluding ortho intramolecular Hbond substituents is 1. The first-order chi connectivity index (χ1) is 9.79. The highest BCUT2D eigenvalue weighted by Crippen LogP contribution is 2.24. The molecule has 0 unspecified atom stereocenters. The van der Waals surface area contributed by atoms with Crippen LogP contribution in [0.1, 0.15) is 10.4 Å². The molecule has 0 aromatic heterocycles. The monoisotopic (exact) mass is 308 g/mol. The van der Waals surface area contributed by atoms with Gasteiger partial charge in [0.25, 0.3) is 15.9 Å². The maximum atomic E-state index is 12.2. The molecule has 0 saturated carbocycles. The van der Waals surface area contributed by atoms with Crippen LogP contribution in [0.3, 0.4) is 0 Å². The Morgan fingerprint density at radius 2 is 1.81 bits per heavy atom. The molecule has 0 aliphatic carbocycles. The van der Waals surface area contributed by atoms with E-state index < -0.39 is 21.7 Å². The highest BCUT2D eigenvalue weighted by molar-refractivity contribution is 7.92. The zero-order valence-electron chi connectivity index (χ0n) is 10.6. The van der Waals surface area contributed by atoms with Gasteiger partial charge in [-0.3, -0.25) is 9.52 Å². The van der Waals surface area contributed by atoms with E-state index in [9.17, 15) is 23.4 Å². The average molecular weight is 308 g/mol. The number of nitrogens with one attached hydrogen (secondary N) is 1. The Kier molecular flexibility index (Phi) is 3.72. The lowest BCUT2D eigenvalue weighted by molar-refractivity contribution is 0.0997. The molecule has 2 aromatic carbocycles. The van der Waals surface area contributed by atoms with Crippen LogP contribution in [-0.4, -0.2) is 24.5 Å². The van der Waals surface area contributed by atoms with Crippen LogP contribution in [0.15, 0.2) is 47.4 Å². The fourth-order valence-electron chi connectivity index (χ4n) is 1.66. The molecule has 0 fully saturated rings. The Hall–Kier alpha value is -2.74. The maximum absolute atomic E-state index is 12.2. The van der Waals surface area contributed by atoms with E-state index in [2.05, 4.69) is 4.72 Å². The summed E-state index contributed by atoms with van der Waals surface area (Å²) in [6.07, 6.45) is 0. The van der Waals surface area contributed by atoms with Gasteiger partial charge in [0, 0.05) is 6.07 Å². The van der Waals surface area contributed by atoms with Crippen LogP contribution in [0, 0.1) is 0 Å². The summed E-state index contributed by atoms with van der Waals surface area (Å²) < 4.78 is 26.6. The van der Waals surface area contributed by atoms with Crippen LogP contribution in [0.5, 0.6) is 11.5 Å². The van der Waals surface area contributed by atoms with Gasteiger partial charge in [0.2, 0.25) is 0 Å². The van der Waals surface area contributed by atoms with Gasteiger partial charge in [0.15, 0.2) is 0 Å². The van der Waals surface area contributed by atoms with Gasteiger partial charge in [0.1, 0.15) is 11.5 Å². The van der Waals surface area contributed by atoms with Gasteiger partial charge < -0.3 is 15.9 Å². The molecule has 0 saturated heterocycles. The number of nitrogens with two attached hydrogens (primary N) is 1.